The number of rotatable bonds is 2. The van der Waals surface area contributed by atoms with Crippen molar-refractivity contribution in [2.75, 3.05) is 0 Å². The van der Waals surface area contributed by atoms with Gasteiger partial charge in [-0.2, -0.15) is 0 Å². The van der Waals surface area contributed by atoms with Crippen molar-refractivity contribution in [3.05, 3.63) is 66.4 Å². The van der Waals surface area contributed by atoms with Gasteiger partial charge in [0.25, 0.3) is 0 Å². The van der Waals surface area contributed by atoms with Gasteiger partial charge in [-0.05, 0) is 48.9 Å². The number of hydrogen-bond donors (Lipinski definition) is 1. The van der Waals surface area contributed by atoms with Crippen LogP contribution in [-0.4, -0.2) is 25.1 Å². The molecule has 0 aliphatic carbocycles. The molecule has 0 aliphatic heterocycles. The van der Waals surface area contributed by atoms with Crippen LogP contribution in [0, 0.1) is 6.92 Å². The summed E-state index contributed by atoms with van der Waals surface area (Å²) in [5.74, 6) is 0.223. The molecule has 4 rings (SSSR count). The van der Waals surface area contributed by atoms with Gasteiger partial charge >= 0.3 is 0 Å². The topological polar surface area (TPSA) is 63.8 Å². The minimum atomic E-state index is 0.223. The minimum absolute atomic E-state index is 0.223. The number of para-hydroxylation sites is 1. The molecule has 0 bridgehead atoms. The molecular formula is C18H14N4O. The summed E-state index contributed by atoms with van der Waals surface area (Å²) in [7, 11) is 0. The lowest BCUT2D eigenvalue weighted by Crippen LogP contribution is -1.93. The predicted octanol–water partition coefficient (Wildman–Crippen LogP) is 3.50. The highest BCUT2D eigenvalue weighted by Gasteiger charge is 2.11. The van der Waals surface area contributed by atoms with Gasteiger partial charge < -0.3 is 5.11 Å². The Balaban J connectivity index is 1.79. The minimum Gasteiger partial charge on any atom is -0.508 e. The number of pyridine rings is 1. The molecule has 2 heterocycles. The van der Waals surface area contributed by atoms with E-state index in [1.54, 1.807) is 28.9 Å². The molecule has 112 valence electrons. The molecule has 2 aromatic heterocycles. The van der Waals surface area contributed by atoms with E-state index in [0.717, 1.165) is 33.5 Å². The molecule has 5 heteroatoms. The SMILES string of the molecule is Cc1cc2ccccc2nc1-c1cn(-c2ccc(O)cc2)nn1. The Morgan fingerprint density at radius 1 is 1.00 bits per heavy atom. The monoisotopic (exact) mass is 302 g/mol. The lowest BCUT2D eigenvalue weighted by Gasteiger charge is -2.04. The molecule has 0 amide bonds. The van der Waals surface area contributed by atoms with Crippen molar-refractivity contribution in [2.45, 2.75) is 6.92 Å². The quantitative estimate of drug-likeness (QED) is 0.615. The number of aromatic hydroxyl groups is 1. The molecule has 23 heavy (non-hydrogen) atoms. The summed E-state index contributed by atoms with van der Waals surface area (Å²) >= 11 is 0. The molecule has 2 aromatic carbocycles. The highest BCUT2D eigenvalue weighted by atomic mass is 16.3. The van der Waals surface area contributed by atoms with Crippen molar-refractivity contribution in [3.8, 4) is 22.8 Å². The summed E-state index contributed by atoms with van der Waals surface area (Å²) in [5.41, 5.74) is 4.38. The summed E-state index contributed by atoms with van der Waals surface area (Å²) in [5, 5.41) is 18.9. The third-order valence-electron chi connectivity index (χ3n) is 3.76. The highest BCUT2D eigenvalue weighted by molar-refractivity contribution is 5.82. The zero-order valence-electron chi connectivity index (χ0n) is 12.5. The molecule has 0 unspecified atom stereocenters. The number of nitrogens with zero attached hydrogens (tertiary/aromatic N) is 4. The summed E-state index contributed by atoms with van der Waals surface area (Å²) in [6.45, 7) is 2.02. The van der Waals surface area contributed by atoms with Crippen molar-refractivity contribution in [1.82, 2.24) is 20.0 Å². The average molecular weight is 302 g/mol. The van der Waals surface area contributed by atoms with Crippen molar-refractivity contribution >= 4 is 10.9 Å². The van der Waals surface area contributed by atoms with E-state index in [9.17, 15) is 5.11 Å². The van der Waals surface area contributed by atoms with Crippen LogP contribution in [0.1, 0.15) is 5.56 Å². The first-order valence-electron chi connectivity index (χ1n) is 7.29. The van der Waals surface area contributed by atoms with E-state index in [4.69, 9.17) is 4.98 Å². The van der Waals surface area contributed by atoms with Crippen molar-refractivity contribution in [1.29, 1.82) is 0 Å². The van der Waals surface area contributed by atoms with Gasteiger partial charge in [-0.25, -0.2) is 9.67 Å². The molecule has 0 aliphatic rings. The van der Waals surface area contributed by atoms with Crippen molar-refractivity contribution in [3.63, 3.8) is 0 Å². The van der Waals surface area contributed by atoms with Crippen LogP contribution in [0.2, 0.25) is 0 Å². The first-order chi connectivity index (χ1) is 11.2. The standard InChI is InChI=1S/C18H14N4O/c1-12-10-13-4-2-3-5-16(13)19-18(12)17-11-22(21-20-17)14-6-8-15(23)9-7-14/h2-11,23H,1H3. The number of aryl methyl sites for hydroxylation is 1. The fourth-order valence-electron chi connectivity index (χ4n) is 2.58. The third kappa shape index (κ3) is 2.42. The Morgan fingerprint density at radius 3 is 2.61 bits per heavy atom. The summed E-state index contributed by atoms with van der Waals surface area (Å²) in [6, 6.07) is 16.9. The van der Waals surface area contributed by atoms with E-state index in [2.05, 4.69) is 16.4 Å². The Labute approximate surface area is 132 Å². The lowest BCUT2D eigenvalue weighted by atomic mass is 10.1. The van der Waals surface area contributed by atoms with E-state index in [1.165, 1.54) is 0 Å². The van der Waals surface area contributed by atoms with Crippen LogP contribution in [0.5, 0.6) is 5.75 Å². The van der Waals surface area contributed by atoms with E-state index in [-0.39, 0.29) is 5.75 Å². The molecule has 4 aromatic rings. The van der Waals surface area contributed by atoms with E-state index < -0.39 is 0 Å². The number of aromatic nitrogens is 4. The first-order valence-corrected chi connectivity index (χ1v) is 7.29. The van der Waals surface area contributed by atoms with Crippen LogP contribution >= 0.6 is 0 Å². The van der Waals surface area contributed by atoms with Gasteiger partial charge in [-0.3, -0.25) is 0 Å². The maximum absolute atomic E-state index is 9.37. The molecule has 0 radical (unpaired) electrons. The number of benzene rings is 2. The van der Waals surface area contributed by atoms with Crippen LogP contribution in [0.15, 0.2) is 60.8 Å². The Kier molecular flexibility index (Phi) is 3.05. The third-order valence-corrected chi connectivity index (χ3v) is 3.76. The molecule has 1 N–H and O–H groups in total. The Hall–Kier alpha value is -3.21. The fraction of sp³-hybridized carbons (Fsp3) is 0.0556. The van der Waals surface area contributed by atoms with Crippen molar-refractivity contribution in [2.24, 2.45) is 0 Å². The number of phenols is 1. The van der Waals surface area contributed by atoms with Gasteiger partial charge in [-0.1, -0.05) is 23.4 Å². The van der Waals surface area contributed by atoms with Gasteiger partial charge in [0.05, 0.1) is 23.1 Å². The normalized spacial score (nSPS) is 11.0. The Bertz CT molecular complexity index is 990. The van der Waals surface area contributed by atoms with Gasteiger partial charge in [-0.15, -0.1) is 5.10 Å². The molecule has 0 fully saturated rings. The summed E-state index contributed by atoms with van der Waals surface area (Å²) < 4.78 is 1.67. The second-order valence-corrected chi connectivity index (χ2v) is 5.41. The van der Waals surface area contributed by atoms with Crippen LogP contribution in [0.25, 0.3) is 28.0 Å². The molecule has 0 saturated heterocycles. The predicted molar refractivity (Wildman–Crippen MR) is 88.5 cm³/mol. The van der Waals surface area contributed by atoms with Crippen LogP contribution in [0.3, 0.4) is 0 Å². The maximum Gasteiger partial charge on any atom is 0.132 e. The van der Waals surface area contributed by atoms with Crippen LogP contribution in [-0.2, 0) is 0 Å². The number of phenolic OH excluding ortho intramolecular Hbond substituents is 1. The molecule has 5 nitrogen and oxygen atoms in total. The highest BCUT2D eigenvalue weighted by Crippen LogP contribution is 2.24. The summed E-state index contributed by atoms with van der Waals surface area (Å²) in [4.78, 5) is 4.71. The smallest absolute Gasteiger partial charge is 0.132 e. The van der Waals surface area contributed by atoms with Gasteiger partial charge in [0.15, 0.2) is 0 Å². The lowest BCUT2D eigenvalue weighted by molar-refractivity contribution is 0.475. The average Bonchev–Trinajstić information content (AvgIpc) is 3.04. The van der Waals surface area contributed by atoms with Gasteiger partial charge in [0.1, 0.15) is 11.4 Å². The van der Waals surface area contributed by atoms with Crippen LogP contribution < -0.4 is 0 Å². The van der Waals surface area contributed by atoms with Crippen LogP contribution in [0.4, 0.5) is 0 Å². The number of fused-ring (bicyclic) bond motifs is 1. The maximum atomic E-state index is 9.37. The largest absolute Gasteiger partial charge is 0.508 e. The first kappa shape index (κ1) is 13.5. The van der Waals surface area contributed by atoms with Crippen molar-refractivity contribution < 1.29 is 5.11 Å². The summed E-state index contributed by atoms with van der Waals surface area (Å²) in [6.07, 6.45) is 1.84. The van der Waals surface area contributed by atoms with E-state index >= 15 is 0 Å². The molecular weight excluding hydrogens is 288 g/mol. The van der Waals surface area contributed by atoms with Gasteiger partial charge in [0, 0.05) is 5.39 Å². The zero-order valence-corrected chi connectivity index (χ0v) is 12.5. The van der Waals surface area contributed by atoms with Gasteiger partial charge in [0.2, 0.25) is 0 Å². The second kappa shape index (κ2) is 5.21. The molecule has 0 spiro atoms. The fourth-order valence-corrected chi connectivity index (χ4v) is 2.58. The second-order valence-electron chi connectivity index (χ2n) is 5.41. The van der Waals surface area contributed by atoms with E-state index in [1.807, 2.05) is 37.4 Å². The molecule has 0 atom stereocenters. The van der Waals surface area contributed by atoms with E-state index in [0.29, 0.717) is 0 Å². The Morgan fingerprint density at radius 2 is 1.78 bits per heavy atom. The number of hydrogen-bond acceptors (Lipinski definition) is 4. The molecule has 0 saturated carbocycles. The zero-order chi connectivity index (χ0) is 15.8.